The lowest BCUT2D eigenvalue weighted by molar-refractivity contribution is -0.273. The summed E-state index contributed by atoms with van der Waals surface area (Å²) < 4.78 is 7.09. The van der Waals surface area contributed by atoms with E-state index in [9.17, 15) is 35.1 Å². The first-order valence-electron chi connectivity index (χ1n) is 11.2. The fraction of sp³-hybridized carbons (Fsp3) is 0.650. The van der Waals surface area contributed by atoms with Crippen LogP contribution in [0.4, 0.5) is 5.95 Å². The topological polar surface area (TPSA) is 252 Å². The van der Waals surface area contributed by atoms with Gasteiger partial charge < -0.3 is 47.1 Å². The molecule has 0 spiro atoms. The fourth-order valence-electron chi connectivity index (χ4n) is 4.81. The SMILES string of the molecule is Nc1ncc2ncn(C3OC(C(NC(=O)[C@@H]4CCC[C@@H]4N)C(=O)O)CC(O)(C(O)CO)C3O)c2n1. The van der Waals surface area contributed by atoms with Crippen LogP contribution in [0.5, 0.6) is 0 Å². The van der Waals surface area contributed by atoms with Gasteiger partial charge in [0.15, 0.2) is 17.9 Å². The Morgan fingerprint density at radius 3 is 2.71 bits per heavy atom. The Balaban J connectivity index is 1.70. The van der Waals surface area contributed by atoms with Crippen LogP contribution in [-0.2, 0) is 14.3 Å². The molecule has 1 aliphatic carbocycles. The lowest BCUT2D eigenvalue weighted by atomic mass is 9.79. The standard InChI is InChI=1S/C20H29N7O8/c21-9-3-1-2-8(9)16(31)25-13(18(32)33)11-4-20(34,12(29)6-28)14(30)17(35-11)27-7-24-10-5-23-19(22)26-15(10)27/h5,7-9,11-14,17,28-30,34H,1-4,6,21H2,(H,25,31)(H,32,33)(H2,22,23,26)/t8-,9+,11?,12?,13?,14?,17?,20?/m1/s1. The van der Waals surface area contributed by atoms with Gasteiger partial charge in [-0.1, -0.05) is 6.42 Å². The first-order chi connectivity index (χ1) is 16.6. The Labute approximate surface area is 198 Å². The summed E-state index contributed by atoms with van der Waals surface area (Å²) in [6, 6.07) is -2.08. The summed E-state index contributed by atoms with van der Waals surface area (Å²) in [5, 5.41) is 54.5. The van der Waals surface area contributed by atoms with E-state index >= 15 is 0 Å². The molecule has 15 heteroatoms. The summed E-state index contributed by atoms with van der Waals surface area (Å²) in [5.41, 5.74) is 9.59. The molecule has 2 aromatic rings. The van der Waals surface area contributed by atoms with Gasteiger partial charge in [0.1, 0.15) is 23.3 Å². The van der Waals surface area contributed by atoms with Gasteiger partial charge in [-0.2, -0.15) is 4.98 Å². The van der Waals surface area contributed by atoms with Crippen LogP contribution in [0.1, 0.15) is 31.9 Å². The molecule has 2 aromatic heterocycles. The maximum atomic E-state index is 12.8. The van der Waals surface area contributed by atoms with Gasteiger partial charge in [0, 0.05) is 12.5 Å². The van der Waals surface area contributed by atoms with Crippen LogP contribution in [0, 0.1) is 5.92 Å². The van der Waals surface area contributed by atoms with Crippen LogP contribution in [0.25, 0.3) is 11.2 Å². The number of hydrogen-bond acceptors (Lipinski definition) is 12. The van der Waals surface area contributed by atoms with Gasteiger partial charge in [0.05, 0.1) is 31.2 Å². The zero-order chi connectivity index (χ0) is 25.5. The second-order valence-electron chi connectivity index (χ2n) is 9.02. The number of carboxylic acids is 1. The van der Waals surface area contributed by atoms with E-state index in [1.165, 1.54) is 17.1 Å². The first-order valence-corrected chi connectivity index (χ1v) is 11.2. The number of aliphatic carboxylic acids is 1. The van der Waals surface area contributed by atoms with E-state index in [1.54, 1.807) is 0 Å². The van der Waals surface area contributed by atoms with Gasteiger partial charge >= 0.3 is 5.97 Å². The predicted octanol–water partition coefficient (Wildman–Crippen LogP) is -3.16. The molecule has 10 N–H and O–H groups in total. The third kappa shape index (κ3) is 4.53. The molecule has 8 atom stereocenters. The number of aliphatic hydroxyl groups excluding tert-OH is 3. The molecular weight excluding hydrogens is 466 g/mol. The van der Waals surface area contributed by atoms with E-state index in [0.29, 0.717) is 12.8 Å². The molecule has 0 radical (unpaired) electrons. The Bertz CT molecular complexity index is 1100. The Hall–Kier alpha value is -2.95. The number of hydrogen-bond donors (Lipinski definition) is 8. The summed E-state index contributed by atoms with van der Waals surface area (Å²) in [4.78, 5) is 36.9. The van der Waals surface area contributed by atoms with Crippen molar-refractivity contribution in [1.29, 1.82) is 0 Å². The number of carbonyl (C=O) groups excluding carboxylic acids is 1. The molecule has 2 fully saturated rings. The van der Waals surface area contributed by atoms with Crippen molar-refractivity contribution in [2.75, 3.05) is 12.3 Å². The van der Waals surface area contributed by atoms with E-state index in [-0.39, 0.29) is 17.1 Å². The number of aromatic nitrogens is 4. The smallest absolute Gasteiger partial charge is 0.328 e. The highest BCUT2D eigenvalue weighted by Gasteiger charge is 2.56. The van der Waals surface area contributed by atoms with Crippen LogP contribution >= 0.6 is 0 Å². The molecule has 0 bridgehead atoms. The summed E-state index contributed by atoms with van der Waals surface area (Å²) >= 11 is 0. The Kier molecular flexibility index (Phi) is 6.90. The minimum Gasteiger partial charge on any atom is -0.480 e. The number of aliphatic hydroxyl groups is 4. The third-order valence-electron chi connectivity index (χ3n) is 6.83. The van der Waals surface area contributed by atoms with E-state index in [4.69, 9.17) is 16.2 Å². The lowest BCUT2D eigenvalue weighted by Gasteiger charge is -2.48. The highest BCUT2D eigenvalue weighted by molar-refractivity contribution is 5.86. The summed E-state index contributed by atoms with van der Waals surface area (Å²) in [5.74, 6) is -2.74. The zero-order valence-electron chi connectivity index (χ0n) is 18.6. The normalized spacial score (nSPS) is 32.9. The number of amides is 1. The molecule has 1 amide bonds. The second-order valence-corrected chi connectivity index (χ2v) is 9.02. The van der Waals surface area contributed by atoms with Crippen molar-refractivity contribution in [3.8, 4) is 0 Å². The number of anilines is 1. The predicted molar refractivity (Wildman–Crippen MR) is 117 cm³/mol. The molecule has 192 valence electrons. The van der Waals surface area contributed by atoms with E-state index < -0.39 is 73.0 Å². The van der Waals surface area contributed by atoms with Crippen LogP contribution in [0.2, 0.25) is 0 Å². The van der Waals surface area contributed by atoms with E-state index in [1.807, 2.05) is 0 Å². The largest absolute Gasteiger partial charge is 0.480 e. The molecule has 15 nitrogen and oxygen atoms in total. The quantitative estimate of drug-likeness (QED) is 0.189. The van der Waals surface area contributed by atoms with Crippen molar-refractivity contribution in [3.05, 3.63) is 12.5 Å². The molecule has 35 heavy (non-hydrogen) atoms. The number of carbonyl (C=O) groups is 2. The number of nitrogens with two attached hydrogens (primary N) is 2. The molecule has 1 aliphatic heterocycles. The Morgan fingerprint density at radius 1 is 1.34 bits per heavy atom. The van der Waals surface area contributed by atoms with Gasteiger partial charge in [-0.25, -0.2) is 14.8 Å². The van der Waals surface area contributed by atoms with E-state index in [0.717, 1.165) is 6.42 Å². The maximum absolute atomic E-state index is 12.8. The van der Waals surface area contributed by atoms with Gasteiger partial charge in [-0.3, -0.25) is 9.36 Å². The monoisotopic (exact) mass is 495 g/mol. The minimum absolute atomic E-state index is 0.107. The van der Waals surface area contributed by atoms with Gasteiger partial charge in [-0.15, -0.1) is 0 Å². The third-order valence-corrected chi connectivity index (χ3v) is 6.83. The number of ether oxygens (including phenoxy) is 1. The van der Waals surface area contributed by atoms with Gasteiger partial charge in [-0.05, 0) is 12.8 Å². The molecule has 0 aromatic carbocycles. The van der Waals surface area contributed by atoms with Crippen molar-refractivity contribution < 1.29 is 39.9 Å². The highest BCUT2D eigenvalue weighted by atomic mass is 16.5. The van der Waals surface area contributed by atoms with Crippen molar-refractivity contribution in [3.63, 3.8) is 0 Å². The number of nitrogen functional groups attached to an aromatic ring is 1. The van der Waals surface area contributed by atoms with Crippen LogP contribution in [0.3, 0.4) is 0 Å². The average molecular weight is 495 g/mol. The molecule has 3 heterocycles. The molecular formula is C20H29N7O8. The number of fused-ring (bicyclic) bond motifs is 1. The second kappa shape index (κ2) is 9.60. The van der Waals surface area contributed by atoms with Crippen molar-refractivity contribution in [2.45, 2.75) is 67.9 Å². The van der Waals surface area contributed by atoms with Crippen molar-refractivity contribution in [2.24, 2.45) is 11.7 Å². The molecule has 4 rings (SSSR count). The van der Waals surface area contributed by atoms with Gasteiger partial charge in [0.2, 0.25) is 11.9 Å². The summed E-state index contributed by atoms with van der Waals surface area (Å²) in [7, 11) is 0. The van der Waals surface area contributed by atoms with Crippen molar-refractivity contribution in [1.82, 2.24) is 24.8 Å². The van der Waals surface area contributed by atoms with Crippen molar-refractivity contribution >= 4 is 29.0 Å². The minimum atomic E-state index is -2.42. The molecule has 6 unspecified atom stereocenters. The molecule has 2 aliphatic rings. The summed E-state index contributed by atoms with van der Waals surface area (Å²) in [6.45, 7) is -0.937. The molecule has 1 saturated carbocycles. The van der Waals surface area contributed by atoms with Crippen LogP contribution in [0.15, 0.2) is 12.5 Å². The van der Waals surface area contributed by atoms with Gasteiger partial charge in [0.25, 0.3) is 0 Å². The lowest BCUT2D eigenvalue weighted by Crippen LogP contribution is -2.66. The molecule has 1 saturated heterocycles. The summed E-state index contributed by atoms with van der Waals surface area (Å²) in [6.07, 6.45) is -2.91. The number of nitrogens with zero attached hydrogens (tertiary/aromatic N) is 4. The van der Waals surface area contributed by atoms with E-state index in [2.05, 4.69) is 20.3 Å². The van der Waals surface area contributed by atoms with Crippen LogP contribution < -0.4 is 16.8 Å². The highest BCUT2D eigenvalue weighted by Crippen LogP contribution is 2.39. The van der Waals surface area contributed by atoms with Crippen LogP contribution in [-0.4, -0.2) is 99.5 Å². The number of carboxylic acid groups (broad SMARTS) is 1. The number of nitrogens with one attached hydrogen (secondary N) is 1. The number of rotatable bonds is 7. The average Bonchev–Trinajstić information content (AvgIpc) is 3.44. The zero-order valence-corrected chi connectivity index (χ0v) is 18.6. The number of imidazole rings is 1. The Morgan fingerprint density at radius 2 is 2.09 bits per heavy atom. The first kappa shape index (κ1) is 25.2. The fourth-order valence-corrected chi connectivity index (χ4v) is 4.81. The maximum Gasteiger partial charge on any atom is 0.328 e.